The van der Waals surface area contributed by atoms with Gasteiger partial charge in [0.15, 0.2) is 0 Å². The molecule has 1 aliphatic heterocycles. The van der Waals surface area contributed by atoms with Gasteiger partial charge >= 0.3 is 0 Å². The number of rotatable bonds is 6. The first-order valence-electron chi connectivity index (χ1n) is 7.60. The fourth-order valence-corrected chi connectivity index (χ4v) is 2.82. The van der Waals surface area contributed by atoms with Crippen LogP contribution in [0.15, 0.2) is 18.2 Å². The highest BCUT2D eigenvalue weighted by Gasteiger charge is 2.27. The van der Waals surface area contributed by atoms with Crippen molar-refractivity contribution in [2.45, 2.75) is 32.8 Å². The average molecular weight is 277 g/mol. The van der Waals surface area contributed by atoms with Gasteiger partial charge in [-0.05, 0) is 43.4 Å². The zero-order valence-electron chi connectivity index (χ0n) is 12.9. The number of hydrogen-bond donors (Lipinski definition) is 1. The van der Waals surface area contributed by atoms with Gasteiger partial charge in [0.2, 0.25) is 0 Å². The molecule has 3 heteroatoms. The lowest BCUT2D eigenvalue weighted by molar-refractivity contribution is -0.0280. The van der Waals surface area contributed by atoms with Crippen LogP contribution in [0.25, 0.3) is 0 Å². The maximum absolute atomic E-state index is 6.06. The Balaban J connectivity index is 2.00. The predicted octanol–water partition coefficient (Wildman–Crippen LogP) is 3.01. The van der Waals surface area contributed by atoms with Crippen molar-refractivity contribution >= 4 is 0 Å². The van der Waals surface area contributed by atoms with Crippen LogP contribution in [0.2, 0.25) is 0 Å². The molecular formula is C17H27NO2. The third-order valence-electron chi connectivity index (χ3n) is 4.19. The summed E-state index contributed by atoms with van der Waals surface area (Å²) < 4.78 is 11.1. The Kier molecular flexibility index (Phi) is 6.02. The summed E-state index contributed by atoms with van der Waals surface area (Å²) in [4.78, 5) is 0. The molecular weight excluding hydrogens is 250 g/mol. The van der Waals surface area contributed by atoms with Crippen LogP contribution in [-0.2, 0) is 9.47 Å². The first-order chi connectivity index (χ1) is 9.72. The number of ether oxygens (including phenoxy) is 2. The molecule has 0 amide bonds. The summed E-state index contributed by atoms with van der Waals surface area (Å²) in [6.07, 6.45) is 2.63. The van der Waals surface area contributed by atoms with Crippen molar-refractivity contribution in [3.8, 4) is 0 Å². The molecule has 0 saturated carbocycles. The first-order valence-corrected chi connectivity index (χ1v) is 7.60. The summed E-state index contributed by atoms with van der Waals surface area (Å²) in [5, 5.41) is 3.48. The Hall–Kier alpha value is -0.900. The van der Waals surface area contributed by atoms with Gasteiger partial charge < -0.3 is 14.8 Å². The highest BCUT2D eigenvalue weighted by atomic mass is 16.5. The summed E-state index contributed by atoms with van der Waals surface area (Å²) in [5.74, 6) is 0.558. The first kappa shape index (κ1) is 15.5. The van der Waals surface area contributed by atoms with E-state index in [4.69, 9.17) is 9.47 Å². The molecule has 20 heavy (non-hydrogen) atoms. The maximum atomic E-state index is 6.06. The summed E-state index contributed by atoms with van der Waals surface area (Å²) >= 11 is 0. The van der Waals surface area contributed by atoms with Gasteiger partial charge in [-0.1, -0.05) is 18.2 Å². The normalized spacial score (nSPS) is 22.9. The Morgan fingerprint density at radius 2 is 2.15 bits per heavy atom. The Morgan fingerprint density at radius 1 is 1.30 bits per heavy atom. The minimum absolute atomic E-state index is 0.234. The molecule has 1 fully saturated rings. The minimum Gasteiger partial charge on any atom is -0.383 e. The van der Waals surface area contributed by atoms with E-state index in [1.807, 2.05) is 0 Å². The fourth-order valence-electron chi connectivity index (χ4n) is 2.82. The fraction of sp³-hybridized carbons (Fsp3) is 0.647. The van der Waals surface area contributed by atoms with Crippen molar-refractivity contribution < 1.29 is 9.47 Å². The Morgan fingerprint density at radius 3 is 2.90 bits per heavy atom. The number of methoxy groups -OCH3 is 1. The molecule has 3 nitrogen and oxygen atoms in total. The second-order valence-electron chi connectivity index (χ2n) is 5.73. The van der Waals surface area contributed by atoms with Crippen molar-refractivity contribution in [3.63, 3.8) is 0 Å². The maximum Gasteiger partial charge on any atom is 0.0865 e. The lowest BCUT2D eigenvalue weighted by Crippen LogP contribution is -2.33. The van der Waals surface area contributed by atoms with Gasteiger partial charge in [-0.25, -0.2) is 0 Å². The molecule has 1 saturated heterocycles. The van der Waals surface area contributed by atoms with Crippen LogP contribution in [-0.4, -0.2) is 33.4 Å². The van der Waals surface area contributed by atoms with E-state index in [0.29, 0.717) is 5.92 Å². The van der Waals surface area contributed by atoms with E-state index < -0.39 is 0 Å². The second kappa shape index (κ2) is 7.77. The molecule has 2 unspecified atom stereocenters. The number of hydrogen-bond acceptors (Lipinski definition) is 3. The van der Waals surface area contributed by atoms with E-state index in [1.165, 1.54) is 23.1 Å². The second-order valence-corrected chi connectivity index (χ2v) is 5.73. The van der Waals surface area contributed by atoms with Crippen LogP contribution in [0.5, 0.6) is 0 Å². The minimum atomic E-state index is 0.234. The van der Waals surface area contributed by atoms with Crippen molar-refractivity contribution in [1.29, 1.82) is 0 Å². The molecule has 1 aromatic rings. The topological polar surface area (TPSA) is 30.5 Å². The molecule has 1 aliphatic rings. The molecule has 2 rings (SSSR count). The van der Waals surface area contributed by atoms with Crippen molar-refractivity contribution in [2.24, 2.45) is 5.92 Å². The van der Waals surface area contributed by atoms with Crippen LogP contribution >= 0.6 is 0 Å². The van der Waals surface area contributed by atoms with E-state index in [9.17, 15) is 0 Å². The number of nitrogens with one attached hydrogen (secondary N) is 1. The van der Waals surface area contributed by atoms with Crippen molar-refractivity contribution in [1.82, 2.24) is 5.32 Å². The van der Waals surface area contributed by atoms with E-state index in [-0.39, 0.29) is 6.10 Å². The zero-order chi connectivity index (χ0) is 14.4. The third kappa shape index (κ3) is 4.05. The van der Waals surface area contributed by atoms with Gasteiger partial charge in [0.1, 0.15) is 0 Å². The molecule has 2 atom stereocenters. The van der Waals surface area contributed by atoms with E-state index in [0.717, 1.165) is 32.7 Å². The number of benzene rings is 1. The molecule has 0 radical (unpaired) electrons. The molecule has 0 aliphatic carbocycles. The average Bonchev–Trinajstić information content (AvgIpc) is 2.47. The van der Waals surface area contributed by atoms with Crippen molar-refractivity contribution in [2.75, 3.05) is 33.4 Å². The van der Waals surface area contributed by atoms with Crippen LogP contribution in [0.1, 0.15) is 35.6 Å². The summed E-state index contributed by atoms with van der Waals surface area (Å²) in [6, 6.07) is 6.71. The highest BCUT2D eigenvalue weighted by Crippen LogP contribution is 2.33. The van der Waals surface area contributed by atoms with E-state index >= 15 is 0 Å². The van der Waals surface area contributed by atoms with Crippen LogP contribution in [0.4, 0.5) is 0 Å². The molecule has 0 bridgehead atoms. The van der Waals surface area contributed by atoms with Crippen LogP contribution in [0, 0.1) is 19.8 Å². The molecule has 0 spiro atoms. The standard InChI is InChI=1S/C17H27NO2/c1-13-6-7-15(11-14(13)2)17-16(5-4-9-20-17)12-18-8-10-19-3/h6-7,11,16-18H,4-5,8-10,12H2,1-3H3. The lowest BCUT2D eigenvalue weighted by Gasteiger charge is -2.32. The van der Waals surface area contributed by atoms with Crippen molar-refractivity contribution in [3.05, 3.63) is 34.9 Å². The Labute approximate surface area is 122 Å². The largest absolute Gasteiger partial charge is 0.383 e. The van der Waals surface area contributed by atoms with E-state index in [2.05, 4.69) is 37.4 Å². The SMILES string of the molecule is COCCNCC1CCCOC1c1ccc(C)c(C)c1. The summed E-state index contributed by atoms with van der Waals surface area (Å²) in [6.45, 7) is 7.89. The predicted molar refractivity (Wildman–Crippen MR) is 82.1 cm³/mol. The molecule has 112 valence electrons. The highest BCUT2D eigenvalue weighted by molar-refractivity contribution is 5.31. The zero-order valence-corrected chi connectivity index (χ0v) is 12.9. The quantitative estimate of drug-likeness (QED) is 0.811. The monoisotopic (exact) mass is 277 g/mol. The molecule has 1 heterocycles. The Bertz CT molecular complexity index is 419. The van der Waals surface area contributed by atoms with E-state index in [1.54, 1.807) is 7.11 Å². The summed E-state index contributed by atoms with van der Waals surface area (Å²) in [7, 11) is 1.74. The van der Waals surface area contributed by atoms with Gasteiger partial charge in [0.25, 0.3) is 0 Å². The van der Waals surface area contributed by atoms with Gasteiger partial charge in [0, 0.05) is 32.7 Å². The van der Waals surface area contributed by atoms with Crippen LogP contribution < -0.4 is 5.32 Å². The third-order valence-corrected chi connectivity index (χ3v) is 4.19. The smallest absolute Gasteiger partial charge is 0.0865 e. The van der Waals surface area contributed by atoms with Gasteiger partial charge in [-0.2, -0.15) is 0 Å². The van der Waals surface area contributed by atoms with Crippen LogP contribution in [0.3, 0.4) is 0 Å². The number of aryl methyl sites for hydroxylation is 2. The van der Waals surface area contributed by atoms with Gasteiger partial charge in [0.05, 0.1) is 12.7 Å². The van der Waals surface area contributed by atoms with Gasteiger partial charge in [-0.15, -0.1) is 0 Å². The molecule has 1 aromatic carbocycles. The van der Waals surface area contributed by atoms with Gasteiger partial charge in [-0.3, -0.25) is 0 Å². The molecule has 1 N–H and O–H groups in total. The lowest BCUT2D eigenvalue weighted by atomic mass is 9.88. The summed E-state index contributed by atoms with van der Waals surface area (Å²) in [5.41, 5.74) is 4.02. The molecule has 0 aromatic heterocycles.